The summed E-state index contributed by atoms with van der Waals surface area (Å²) < 4.78 is 27.4. The molecule has 1 aliphatic rings. The number of aryl methyl sites for hydroxylation is 1. The molecule has 1 aromatic carbocycles. The number of piperazine rings is 1. The van der Waals surface area contributed by atoms with E-state index in [2.05, 4.69) is 27.0 Å². The van der Waals surface area contributed by atoms with Gasteiger partial charge in [0.2, 0.25) is 10.0 Å². The van der Waals surface area contributed by atoms with E-state index in [0.29, 0.717) is 31.1 Å². The minimum absolute atomic E-state index is 0.351. The first-order valence-electron chi connectivity index (χ1n) is 9.66. The number of hydrogen-bond donors (Lipinski definition) is 0. The number of aromatic nitrogens is 3. The number of hydrogen-bond acceptors (Lipinski definition) is 6. The summed E-state index contributed by atoms with van der Waals surface area (Å²) in [4.78, 5) is 6.51. The lowest BCUT2D eigenvalue weighted by Crippen LogP contribution is -2.49. The van der Waals surface area contributed by atoms with Crippen LogP contribution in [0.3, 0.4) is 0 Å². The van der Waals surface area contributed by atoms with Crippen LogP contribution in [0.25, 0.3) is 11.3 Å². The van der Waals surface area contributed by atoms with Crippen LogP contribution in [0.4, 0.5) is 5.82 Å². The van der Waals surface area contributed by atoms with Crippen LogP contribution >= 0.6 is 0 Å². The Morgan fingerprint density at radius 3 is 2.28 bits per heavy atom. The molecule has 3 aromatic rings. The van der Waals surface area contributed by atoms with E-state index in [1.54, 1.807) is 28.8 Å². The molecule has 150 valence electrons. The van der Waals surface area contributed by atoms with Crippen molar-refractivity contribution in [2.45, 2.75) is 18.2 Å². The highest BCUT2D eigenvalue weighted by Crippen LogP contribution is 2.22. The van der Waals surface area contributed by atoms with Crippen LogP contribution in [0.2, 0.25) is 0 Å². The van der Waals surface area contributed by atoms with Crippen LogP contribution in [-0.4, -0.2) is 54.1 Å². The smallest absolute Gasteiger partial charge is 0.243 e. The van der Waals surface area contributed by atoms with Crippen molar-refractivity contribution < 1.29 is 8.42 Å². The van der Waals surface area contributed by atoms with Gasteiger partial charge >= 0.3 is 0 Å². The maximum Gasteiger partial charge on any atom is 0.243 e. The van der Waals surface area contributed by atoms with Gasteiger partial charge in [0.15, 0.2) is 5.82 Å². The van der Waals surface area contributed by atoms with Crippen molar-refractivity contribution >= 4 is 15.8 Å². The molecule has 29 heavy (non-hydrogen) atoms. The van der Waals surface area contributed by atoms with Gasteiger partial charge in [-0.1, -0.05) is 19.1 Å². The summed E-state index contributed by atoms with van der Waals surface area (Å²) in [5, 5.41) is 8.62. The molecule has 3 heterocycles. The van der Waals surface area contributed by atoms with E-state index < -0.39 is 10.0 Å². The van der Waals surface area contributed by atoms with Crippen LogP contribution in [0.1, 0.15) is 12.5 Å². The van der Waals surface area contributed by atoms with Gasteiger partial charge in [-0.3, -0.25) is 4.98 Å². The molecule has 8 heteroatoms. The topological polar surface area (TPSA) is 79.3 Å². The first-order chi connectivity index (χ1) is 14.1. The number of sulfonamides is 1. The van der Waals surface area contributed by atoms with Gasteiger partial charge in [0, 0.05) is 44.1 Å². The molecule has 0 atom stereocenters. The lowest BCUT2D eigenvalue weighted by atomic mass is 10.2. The molecule has 1 aliphatic heterocycles. The monoisotopic (exact) mass is 409 g/mol. The Morgan fingerprint density at radius 2 is 1.69 bits per heavy atom. The molecule has 0 aliphatic carbocycles. The normalized spacial score (nSPS) is 15.4. The fourth-order valence-corrected chi connectivity index (χ4v) is 4.79. The van der Waals surface area contributed by atoms with Gasteiger partial charge in [0.25, 0.3) is 0 Å². The lowest BCUT2D eigenvalue weighted by Gasteiger charge is -2.34. The first kappa shape index (κ1) is 19.5. The van der Waals surface area contributed by atoms with Crippen LogP contribution in [-0.2, 0) is 16.4 Å². The fourth-order valence-electron chi connectivity index (χ4n) is 3.37. The van der Waals surface area contributed by atoms with Crippen LogP contribution in [0.15, 0.2) is 65.8 Å². The zero-order valence-electron chi connectivity index (χ0n) is 16.3. The molecule has 4 rings (SSSR count). The Hall–Kier alpha value is -2.84. The highest BCUT2D eigenvalue weighted by atomic mass is 32.2. The molecule has 2 aromatic heterocycles. The van der Waals surface area contributed by atoms with Gasteiger partial charge < -0.3 is 4.90 Å². The maximum atomic E-state index is 12.9. The van der Waals surface area contributed by atoms with E-state index >= 15 is 0 Å². The minimum Gasteiger partial charge on any atom is -0.352 e. The predicted octanol–water partition coefficient (Wildman–Crippen LogP) is 2.61. The summed E-state index contributed by atoms with van der Waals surface area (Å²) in [6.07, 6.45) is 4.36. The molecule has 0 unspecified atom stereocenters. The van der Waals surface area contributed by atoms with E-state index in [4.69, 9.17) is 0 Å². The highest BCUT2D eigenvalue weighted by molar-refractivity contribution is 7.89. The molecule has 0 radical (unpaired) electrons. The predicted molar refractivity (Wildman–Crippen MR) is 112 cm³/mol. The van der Waals surface area contributed by atoms with Crippen molar-refractivity contribution in [3.05, 3.63) is 66.5 Å². The number of anilines is 1. The number of pyridine rings is 1. The molecule has 1 saturated heterocycles. The van der Waals surface area contributed by atoms with E-state index in [1.807, 2.05) is 36.4 Å². The zero-order chi connectivity index (χ0) is 20.3. The summed E-state index contributed by atoms with van der Waals surface area (Å²) in [7, 11) is -3.47. The van der Waals surface area contributed by atoms with Crippen LogP contribution in [0, 0.1) is 0 Å². The molecule has 0 amide bonds. The summed E-state index contributed by atoms with van der Waals surface area (Å²) in [5.41, 5.74) is 2.80. The lowest BCUT2D eigenvalue weighted by molar-refractivity contribution is 0.383. The van der Waals surface area contributed by atoms with E-state index in [9.17, 15) is 8.42 Å². The van der Waals surface area contributed by atoms with Crippen molar-refractivity contribution in [2.24, 2.45) is 0 Å². The van der Waals surface area contributed by atoms with Gasteiger partial charge in [-0.05, 0) is 48.4 Å². The largest absolute Gasteiger partial charge is 0.352 e. The van der Waals surface area contributed by atoms with E-state index in [-0.39, 0.29) is 0 Å². The molecule has 0 spiro atoms. The Morgan fingerprint density at radius 1 is 0.931 bits per heavy atom. The number of nitrogens with zero attached hydrogens (tertiary/aromatic N) is 5. The van der Waals surface area contributed by atoms with Gasteiger partial charge in [0.05, 0.1) is 10.6 Å². The summed E-state index contributed by atoms with van der Waals surface area (Å²) in [5.74, 6) is 0.752. The van der Waals surface area contributed by atoms with Gasteiger partial charge in [-0.2, -0.15) is 4.31 Å². The maximum absolute atomic E-state index is 12.9. The average Bonchev–Trinajstić information content (AvgIpc) is 2.80. The van der Waals surface area contributed by atoms with Crippen molar-refractivity contribution in [1.29, 1.82) is 0 Å². The Bertz CT molecular complexity index is 1050. The van der Waals surface area contributed by atoms with Crippen molar-refractivity contribution in [1.82, 2.24) is 19.5 Å². The number of rotatable bonds is 5. The number of benzene rings is 1. The third-order valence-electron chi connectivity index (χ3n) is 5.14. The van der Waals surface area contributed by atoms with Gasteiger partial charge in [-0.15, -0.1) is 10.2 Å². The Labute approximate surface area is 171 Å². The van der Waals surface area contributed by atoms with Crippen LogP contribution < -0.4 is 4.90 Å². The molecular weight excluding hydrogens is 386 g/mol. The van der Waals surface area contributed by atoms with Gasteiger partial charge in [0.1, 0.15) is 0 Å². The molecule has 0 N–H and O–H groups in total. The second-order valence-electron chi connectivity index (χ2n) is 6.91. The van der Waals surface area contributed by atoms with E-state index in [1.165, 1.54) is 0 Å². The van der Waals surface area contributed by atoms with Crippen molar-refractivity contribution in [2.75, 3.05) is 31.1 Å². The minimum atomic E-state index is -3.47. The first-order valence-corrected chi connectivity index (χ1v) is 11.1. The summed E-state index contributed by atoms with van der Waals surface area (Å²) >= 11 is 0. The zero-order valence-corrected chi connectivity index (χ0v) is 17.1. The molecular formula is C21H23N5O2S. The molecule has 0 bridgehead atoms. The summed E-state index contributed by atoms with van der Waals surface area (Å²) in [6.45, 7) is 4.04. The third-order valence-corrected chi connectivity index (χ3v) is 7.05. The standard InChI is InChI=1S/C21H23N5O2S/c1-2-17-5-7-19(8-6-17)29(27,28)26-14-12-25(13-15-26)21-10-9-20(23-24-21)18-4-3-11-22-16-18/h3-11,16H,2,12-15H2,1H3. The second kappa shape index (κ2) is 8.26. The van der Waals surface area contributed by atoms with Crippen LogP contribution in [0.5, 0.6) is 0 Å². The molecule has 1 fully saturated rings. The molecule has 7 nitrogen and oxygen atoms in total. The fraction of sp³-hybridized carbons (Fsp3) is 0.286. The third kappa shape index (κ3) is 4.13. The highest BCUT2D eigenvalue weighted by Gasteiger charge is 2.29. The molecule has 0 saturated carbocycles. The van der Waals surface area contributed by atoms with Crippen molar-refractivity contribution in [3.8, 4) is 11.3 Å². The Balaban J connectivity index is 1.42. The quantitative estimate of drug-likeness (QED) is 0.645. The Kier molecular flexibility index (Phi) is 5.55. The average molecular weight is 410 g/mol. The van der Waals surface area contributed by atoms with E-state index in [0.717, 1.165) is 29.1 Å². The van der Waals surface area contributed by atoms with Crippen molar-refractivity contribution in [3.63, 3.8) is 0 Å². The van der Waals surface area contributed by atoms with Gasteiger partial charge in [-0.25, -0.2) is 8.42 Å². The summed E-state index contributed by atoms with van der Waals surface area (Å²) in [6, 6.07) is 14.8. The second-order valence-corrected chi connectivity index (χ2v) is 8.85. The SMILES string of the molecule is CCc1ccc(S(=O)(=O)N2CCN(c3ccc(-c4cccnc4)nn3)CC2)cc1.